The number of hydrogen-bond donors (Lipinski definition) is 0. The molecule has 0 aliphatic carbocycles. The fourth-order valence-corrected chi connectivity index (χ4v) is 1.60. The largest absolute Gasteiger partial charge is 0.467 e. The van der Waals surface area contributed by atoms with Gasteiger partial charge in [-0.15, -0.1) is 0 Å². The highest BCUT2D eigenvalue weighted by molar-refractivity contribution is 5.74. The molecule has 0 bridgehead atoms. The first kappa shape index (κ1) is 11.5. The Bertz CT molecular complexity index is 196. The van der Waals surface area contributed by atoms with E-state index < -0.39 is 6.10 Å². The maximum atomic E-state index is 11.2. The van der Waals surface area contributed by atoms with E-state index in [1.807, 2.05) is 0 Å². The van der Waals surface area contributed by atoms with E-state index in [0.29, 0.717) is 19.2 Å². The minimum Gasteiger partial charge on any atom is -0.467 e. The number of morpholine rings is 1. The number of carbonyl (C=O) groups excluding carboxylic acids is 1. The average molecular weight is 201 g/mol. The van der Waals surface area contributed by atoms with Crippen LogP contribution in [0, 0.1) is 0 Å². The van der Waals surface area contributed by atoms with Gasteiger partial charge in [-0.3, -0.25) is 4.90 Å². The Balaban J connectivity index is 2.47. The molecule has 1 aliphatic heterocycles. The highest BCUT2D eigenvalue weighted by Crippen LogP contribution is 2.11. The molecule has 0 aromatic carbocycles. The van der Waals surface area contributed by atoms with Gasteiger partial charge in [0.1, 0.15) is 0 Å². The van der Waals surface area contributed by atoms with E-state index in [9.17, 15) is 4.79 Å². The lowest BCUT2D eigenvalue weighted by molar-refractivity contribution is -0.160. The lowest BCUT2D eigenvalue weighted by atomic mass is 10.2. The summed E-state index contributed by atoms with van der Waals surface area (Å²) in [7, 11) is 1.40. The molecule has 1 saturated heterocycles. The Kier molecular flexibility index (Phi) is 4.35. The van der Waals surface area contributed by atoms with Gasteiger partial charge in [-0.25, -0.2) is 4.79 Å². The zero-order valence-electron chi connectivity index (χ0n) is 9.16. The first-order valence-electron chi connectivity index (χ1n) is 5.12. The van der Waals surface area contributed by atoms with Crippen molar-refractivity contribution in [3.63, 3.8) is 0 Å². The first-order chi connectivity index (χ1) is 6.69. The van der Waals surface area contributed by atoms with Gasteiger partial charge in [-0.05, 0) is 13.3 Å². The van der Waals surface area contributed by atoms with Crippen molar-refractivity contribution < 1.29 is 14.3 Å². The molecule has 0 spiro atoms. The Labute approximate surface area is 85.2 Å². The molecule has 0 aromatic rings. The maximum absolute atomic E-state index is 11.2. The van der Waals surface area contributed by atoms with Crippen LogP contribution in [-0.4, -0.2) is 49.8 Å². The molecule has 0 aromatic heterocycles. The molecule has 2 unspecified atom stereocenters. The van der Waals surface area contributed by atoms with Crippen LogP contribution in [0.3, 0.4) is 0 Å². The van der Waals surface area contributed by atoms with Crippen LogP contribution < -0.4 is 0 Å². The van der Waals surface area contributed by atoms with Crippen molar-refractivity contribution in [1.82, 2.24) is 4.90 Å². The van der Waals surface area contributed by atoms with E-state index in [2.05, 4.69) is 23.5 Å². The second-order valence-corrected chi connectivity index (χ2v) is 3.63. The number of rotatable bonds is 3. The number of hydrogen-bond acceptors (Lipinski definition) is 4. The number of nitrogens with zero attached hydrogens (tertiary/aromatic N) is 1. The molecule has 1 rings (SSSR count). The summed E-state index contributed by atoms with van der Waals surface area (Å²) in [5.41, 5.74) is 0. The van der Waals surface area contributed by atoms with Crippen LogP contribution in [0.1, 0.15) is 20.3 Å². The summed E-state index contributed by atoms with van der Waals surface area (Å²) in [6.07, 6.45) is 0.691. The van der Waals surface area contributed by atoms with E-state index in [4.69, 9.17) is 4.74 Å². The summed E-state index contributed by atoms with van der Waals surface area (Å²) in [6.45, 7) is 6.49. The molecular formula is C10H19NO3. The summed E-state index contributed by atoms with van der Waals surface area (Å²) in [5, 5.41) is 0. The monoisotopic (exact) mass is 201 g/mol. The average Bonchev–Trinajstić information content (AvgIpc) is 2.27. The lowest BCUT2D eigenvalue weighted by Gasteiger charge is -2.35. The number of esters is 1. The second-order valence-electron chi connectivity index (χ2n) is 3.63. The fourth-order valence-electron chi connectivity index (χ4n) is 1.60. The molecule has 1 heterocycles. The molecular weight excluding hydrogens is 182 g/mol. The summed E-state index contributed by atoms with van der Waals surface area (Å²) < 4.78 is 10.0. The van der Waals surface area contributed by atoms with Gasteiger partial charge in [-0.1, -0.05) is 6.92 Å². The SMILES string of the molecule is CCC(C)N1CCOC(C(=O)OC)C1. The van der Waals surface area contributed by atoms with Gasteiger partial charge < -0.3 is 9.47 Å². The molecule has 1 aliphatic rings. The smallest absolute Gasteiger partial charge is 0.336 e. The first-order valence-corrected chi connectivity index (χ1v) is 5.12. The molecule has 4 heteroatoms. The molecule has 0 amide bonds. The summed E-state index contributed by atoms with van der Waals surface area (Å²) in [5.74, 6) is -0.266. The van der Waals surface area contributed by atoms with E-state index in [1.165, 1.54) is 7.11 Å². The standard InChI is InChI=1S/C10H19NO3/c1-4-8(2)11-5-6-14-9(7-11)10(12)13-3/h8-9H,4-7H2,1-3H3. The fraction of sp³-hybridized carbons (Fsp3) is 0.900. The Hall–Kier alpha value is -0.610. The van der Waals surface area contributed by atoms with Gasteiger partial charge in [0, 0.05) is 19.1 Å². The van der Waals surface area contributed by atoms with Crippen LogP contribution in [0.15, 0.2) is 0 Å². The predicted molar refractivity (Wildman–Crippen MR) is 53.1 cm³/mol. The van der Waals surface area contributed by atoms with Crippen LogP contribution in [0.25, 0.3) is 0 Å². The van der Waals surface area contributed by atoms with Gasteiger partial charge in [-0.2, -0.15) is 0 Å². The summed E-state index contributed by atoms with van der Waals surface area (Å²) in [6, 6.07) is 0.506. The van der Waals surface area contributed by atoms with E-state index in [-0.39, 0.29) is 5.97 Å². The number of carbonyl (C=O) groups is 1. The molecule has 82 valence electrons. The minimum absolute atomic E-state index is 0.266. The van der Waals surface area contributed by atoms with Gasteiger partial charge in [0.05, 0.1) is 13.7 Å². The van der Waals surface area contributed by atoms with Crippen molar-refractivity contribution in [1.29, 1.82) is 0 Å². The van der Waals surface area contributed by atoms with Crippen molar-refractivity contribution in [2.24, 2.45) is 0 Å². The normalized spacial score (nSPS) is 25.8. The van der Waals surface area contributed by atoms with Crippen molar-refractivity contribution in [2.45, 2.75) is 32.4 Å². The molecule has 2 atom stereocenters. The number of ether oxygens (including phenoxy) is 2. The highest BCUT2D eigenvalue weighted by Gasteiger charge is 2.28. The van der Waals surface area contributed by atoms with Gasteiger partial charge in [0.25, 0.3) is 0 Å². The van der Waals surface area contributed by atoms with Crippen molar-refractivity contribution in [2.75, 3.05) is 26.8 Å². The Morgan fingerprint density at radius 2 is 2.43 bits per heavy atom. The topological polar surface area (TPSA) is 38.8 Å². The molecule has 1 fully saturated rings. The quantitative estimate of drug-likeness (QED) is 0.629. The third-order valence-electron chi connectivity index (χ3n) is 2.78. The Morgan fingerprint density at radius 1 is 1.71 bits per heavy atom. The molecule has 0 saturated carbocycles. The van der Waals surface area contributed by atoms with Crippen LogP contribution in [0.4, 0.5) is 0 Å². The predicted octanol–water partition coefficient (Wildman–Crippen LogP) is 0.659. The van der Waals surface area contributed by atoms with Crippen LogP contribution in [0.2, 0.25) is 0 Å². The Morgan fingerprint density at radius 3 is 3.00 bits per heavy atom. The minimum atomic E-state index is -0.400. The molecule has 0 N–H and O–H groups in total. The zero-order valence-corrected chi connectivity index (χ0v) is 9.16. The lowest BCUT2D eigenvalue weighted by Crippen LogP contribution is -2.49. The number of methoxy groups -OCH3 is 1. The van der Waals surface area contributed by atoms with Crippen molar-refractivity contribution in [3.8, 4) is 0 Å². The van der Waals surface area contributed by atoms with E-state index in [1.54, 1.807) is 0 Å². The highest BCUT2D eigenvalue weighted by atomic mass is 16.6. The third-order valence-corrected chi connectivity index (χ3v) is 2.78. The maximum Gasteiger partial charge on any atom is 0.336 e. The molecule has 0 radical (unpaired) electrons. The van der Waals surface area contributed by atoms with Crippen molar-refractivity contribution in [3.05, 3.63) is 0 Å². The van der Waals surface area contributed by atoms with Gasteiger partial charge >= 0.3 is 5.97 Å². The van der Waals surface area contributed by atoms with Gasteiger partial charge in [0.2, 0.25) is 0 Å². The van der Waals surface area contributed by atoms with Crippen LogP contribution in [-0.2, 0) is 14.3 Å². The third kappa shape index (κ3) is 2.69. The van der Waals surface area contributed by atoms with Crippen LogP contribution >= 0.6 is 0 Å². The zero-order chi connectivity index (χ0) is 10.6. The van der Waals surface area contributed by atoms with Crippen molar-refractivity contribution >= 4 is 5.97 Å². The molecule has 4 nitrogen and oxygen atoms in total. The summed E-state index contributed by atoms with van der Waals surface area (Å²) in [4.78, 5) is 13.5. The second kappa shape index (κ2) is 5.32. The van der Waals surface area contributed by atoms with E-state index in [0.717, 1.165) is 13.0 Å². The molecule has 14 heavy (non-hydrogen) atoms. The van der Waals surface area contributed by atoms with Gasteiger partial charge in [0.15, 0.2) is 6.10 Å². The van der Waals surface area contributed by atoms with E-state index >= 15 is 0 Å². The summed E-state index contributed by atoms with van der Waals surface area (Å²) >= 11 is 0. The van der Waals surface area contributed by atoms with Crippen LogP contribution in [0.5, 0.6) is 0 Å².